The van der Waals surface area contributed by atoms with Gasteiger partial charge in [0.05, 0.1) is 6.54 Å². The van der Waals surface area contributed by atoms with Crippen molar-refractivity contribution in [3.05, 3.63) is 0 Å². The van der Waals surface area contributed by atoms with Crippen molar-refractivity contribution in [2.45, 2.75) is 39.2 Å². The van der Waals surface area contributed by atoms with E-state index in [1.165, 1.54) is 4.90 Å². The van der Waals surface area contributed by atoms with Crippen LogP contribution in [0.1, 0.15) is 33.1 Å². The Bertz CT molecular complexity index is 276. The van der Waals surface area contributed by atoms with Crippen molar-refractivity contribution in [3.63, 3.8) is 0 Å². The maximum Gasteiger partial charge on any atom is 0.303 e. The number of nitrogens with two attached hydrogens (primary N) is 1. The van der Waals surface area contributed by atoms with E-state index in [-0.39, 0.29) is 37.8 Å². The molecule has 6 nitrogen and oxygen atoms in total. The molecule has 0 atom stereocenters. The summed E-state index contributed by atoms with van der Waals surface area (Å²) in [5.74, 6) is -1.74. The van der Waals surface area contributed by atoms with Crippen LogP contribution in [-0.4, -0.2) is 40.4 Å². The standard InChI is InChI=1S/C10H18N2O4/c1-7(2)12(6-8(11)13)9(14)4-3-5-10(15)16/h7H,3-6H2,1-2H3,(H2,11,13)(H,15,16). The van der Waals surface area contributed by atoms with Gasteiger partial charge in [-0.05, 0) is 20.3 Å². The molecule has 6 heteroatoms. The van der Waals surface area contributed by atoms with E-state index in [0.29, 0.717) is 0 Å². The van der Waals surface area contributed by atoms with Crippen molar-refractivity contribution in [2.24, 2.45) is 5.73 Å². The van der Waals surface area contributed by atoms with Crippen LogP contribution in [0.2, 0.25) is 0 Å². The molecule has 0 aromatic heterocycles. The van der Waals surface area contributed by atoms with Gasteiger partial charge in [0.25, 0.3) is 0 Å². The number of hydrogen-bond donors (Lipinski definition) is 2. The van der Waals surface area contributed by atoms with Gasteiger partial charge in [-0.3, -0.25) is 14.4 Å². The summed E-state index contributed by atoms with van der Waals surface area (Å²) in [6.45, 7) is 3.43. The molecule has 0 aliphatic rings. The lowest BCUT2D eigenvalue weighted by Crippen LogP contribution is -2.42. The minimum atomic E-state index is -0.932. The molecule has 0 aliphatic carbocycles. The second kappa shape index (κ2) is 6.81. The van der Waals surface area contributed by atoms with Gasteiger partial charge in [-0.1, -0.05) is 0 Å². The number of rotatable bonds is 7. The smallest absolute Gasteiger partial charge is 0.303 e. The van der Waals surface area contributed by atoms with Crippen molar-refractivity contribution < 1.29 is 19.5 Å². The highest BCUT2D eigenvalue weighted by molar-refractivity contribution is 5.84. The topological polar surface area (TPSA) is 101 Å². The monoisotopic (exact) mass is 230 g/mol. The summed E-state index contributed by atoms with van der Waals surface area (Å²) in [5, 5.41) is 8.42. The fraction of sp³-hybridized carbons (Fsp3) is 0.700. The summed E-state index contributed by atoms with van der Waals surface area (Å²) in [5.41, 5.74) is 5.02. The van der Waals surface area contributed by atoms with Crippen molar-refractivity contribution in [1.82, 2.24) is 4.90 Å². The zero-order valence-electron chi connectivity index (χ0n) is 9.60. The molecule has 2 amide bonds. The minimum Gasteiger partial charge on any atom is -0.481 e. The Morgan fingerprint density at radius 1 is 1.25 bits per heavy atom. The van der Waals surface area contributed by atoms with E-state index in [1.54, 1.807) is 13.8 Å². The summed E-state index contributed by atoms with van der Waals surface area (Å²) in [7, 11) is 0. The second-order valence-electron chi connectivity index (χ2n) is 3.83. The van der Waals surface area contributed by atoms with Crippen LogP contribution in [0.15, 0.2) is 0 Å². The number of aliphatic carboxylic acids is 1. The van der Waals surface area contributed by atoms with E-state index in [4.69, 9.17) is 10.8 Å². The lowest BCUT2D eigenvalue weighted by Gasteiger charge is -2.25. The van der Waals surface area contributed by atoms with Crippen molar-refractivity contribution in [3.8, 4) is 0 Å². The molecule has 0 spiro atoms. The van der Waals surface area contributed by atoms with E-state index in [0.717, 1.165) is 0 Å². The Hall–Kier alpha value is -1.59. The first-order valence-electron chi connectivity index (χ1n) is 5.14. The third kappa shape index (κ3) is 6.00. The predicted octanol–water partition coefficient (Wildman–Crippen LogP) is -0.0364. The molecule has 0 saturated heterocycles. The summed E-state index contributed by atoms with van der Waals surface area (Å²) in [6.07, 6.45) is 0.349. The van der Waals surface area contributed by atoms with Crippen LogP contribution in [-0.2, 0) is 14.4 Å². The normalized spacial score (nSPS) is 10.2. The first-order valence-corrected chi connectivity index (χ1v) is 5.14. The van der Waals surface area contributed by atoms with Crippen LogP contribution in [0.4, 0.5) is 0 Å². The Labute approximate surface area is 94.4 Å². The number of nitrogens with zero attached hydrogens (tertiary/aromatic N) is 1. The molecule has 0 aromatic carbocycles. The highest BCUT2D eigenvalue weighted by Gasteiger charge is 2.18. The molecule has 92 valence electrons. The zero-order valence-corrected chi connectivity index (χ0v) is 9.60. The van der Waals surface area contributed by atoms with Crippen molar-refractivity contribution in [2.75, 3.05) is 6.54 Å². The second-order valence-corrected chi connectivity index (χ2v) is 3.83. The summed E-state index contributed by atoms with van der Waals surface area (Å²) >= 11 is 0. The van der Waals surface area contributed by atoms with Gasteiger partial charge in [0.15, 0.2) is 0 Å². The molecule has 0 saturated carbocycles. The third-order valence-corrected chi connectivity index (χ3v) is 2.05. The maximum atomic E-state index is 11.6. The van der Waals surface area contributed by atoms with Gasteiger partial charge in [0.2, 0.25) is 11.8 Å². The first-order chi connectivity index (χ1) is 7.34. The average Bonchev–Trinajstić information content (AvgIpc) is 2.12. The van der Waals surface area contributed by atoms with Crippen LogP contribution >= 0.6 is 0 Å². The number of carbonyl (C=O) groups excluding carboxylic acids is 2. The number of primary amides is 1. The van der Waals surface area contributed by atoms with Crippen LogP contribution < -0.4 is 5.73 Å². The van der Waals surface area contributed by atoms with E-state index in [2.05, 4.69) is 0 Å². The highest BCUT2D eigenvalue weighted by atomic mass is 16.4. The van der Waals surface area contributed by atoms with Crippen molar-refractivity contribution in [1.29, 1.82) is 0 Å². The van der Waals surface area contributed by atoms with Crippen LogP contribution in [0.3, 0.4) is 0 Å². The molecular weight excluding hydrogens is 212 g/mol. The van der Waals surface area contributed by atoms with Gasteiger partial charge >= 0.3 is 5.97 Å². The van der Waals surface area contributed by atoms with E-state index in [1.807, 2.05) is 0 Å². The van der Waals surface area contributed by atoms with Gasteiger partial charge in [-0.2, -0.15) is 0 Å². The average molecular weight is 230 g/mol. The fourth-order valence-corrected chi connectivity index (χ4v) is 1.26. The molecule has 0 aromatic rings. The predicted molar refractivity (Wildman–Crippen MR) is 57.5 cm³/mol. The van der Waals surface area contributed by atoms with Crippen LogP contribution in [0.5, 0.6) is 0 Å². The third-order valence-electron chi connectivity index (χ3n) is 2.05. The number of carboxylic acid groups (broad SMARTS) is 1. The van der Waals surface area contributed by atoms with Crippen LogP contribution in [0.25, 0.3) is 0 Å². The molecule has 0 fully saturated rings. The number of amides is 2. The molecular formula is C10H18N2O4. The molecule has 0 radical (unpaired) electrons. The maximum absolute atomic E-state index is 11.6. The summed E-state index contributed by atoms with van der Waals surface area (Å²) in [6, 6.07) is -0.121. The molecule has 0 heterocycles. The van der Waals surface area contributed by atoms with E-state index < -0.39 is 11.9 Å². The lowest BCUT2D eigenvalue weighted by atomic mass is 10.2. The van der Waals surface area contributed by atoms with Crippen molar-refractivity contribution >= 4 is 17.8 Å². The van der Waals surface area contributed by atoms with Gasteiger partial charge < -0.3 is 15.7 Å². The van der Waals surface area contributed by atoms with Gasteiger partial charge in [-0.15, -0.1) is 0 Å². The first kappa shape index (κ1) is 14.4. The molecule has 16 heavy (non-hydrogen) atoms. The number of carbonyl (C=O) groups is 3. The number of carboxylic acids is 1. The van der Waals surface area contributed by atoms with Gasteiger partial charge in [0, 0.05) is 18.9 Å². The van der Waals surface area contributed by atoms with Gasteiger partial charge in [-0.25, -0.2) is 0 Å². The molecule has 0 rings (SSSR count). The minimum absolute atomic E-state index is 0.0474. The van der Waals surface area contributed by atoms with Gasteiger partial charge in [0.1, 0.15) is 0 Å². The van der Waals surface area contributed by atoms with Crippen LogP contribution in [0, 0.1) is 0 Å². The molecule has 0 bridgehead atoms. The quantitative estimate of drug-likeness (QED) is 0.641. The lowest BCUT2D eigenvalue weighted by molar-refractivity contribution is -0.138. The molecule has 0 unspecified atom stereocenters. The van der Waals surface area contributed by atoms with E-state index >= 15 is 0 Å². The number of hydrogen-bond acceptors (Lipinski definition) is 3. The largest absolute Gasteiger partial charge is 0.481 e. The molecule has 0 aliphatic heterocycles. The zero-order chi connectivity index (χ0) is 12.7. The SMILES string of the molecule is CC(C)N(CC(N)=O)C(=O)CCCC(=O)O. The highest BCUT2D eigenvalue weighted by Crippen LogP contribution is 2.05. The molecule has 3 N–H and O–H groups in total. The Morgan fingerprint density at radius 3 is 2.19 bits per heavy atom. The van der Waals surface area contributed by atoms with E-state index in [9.17, 15) is 14.4 Å². The Morgan fingerprint density at radius 2 is 1.81 bits per heavy atom. The summed E-state index contributed by atoms with van der Waals surface area (Å²) in [4.78, 5) is 34.0. The fourth-order valence-electron chi connectivity index (χ4n) is 1.26. The Kier molecular flexibility index (Phi) is 6.14. The summed E-state index contributed by atoms with van der Waals surface area (Å²) < 4.78 is 0. The Balaban J connectivity index is 4.17.